The fourth-order valence-corrected chi connectivity index (χ4v) is 3.87. The van der Waals surface area contributed by atoms with Crippen molar-refractivity contribution in [3.63, 3.8) is 0 Å². The van der Waals surface area contributed by atoms with Gasteiger partial charge in [-0.1, -0.05) is 42.5 Å². The molecule has 130 valence electrons. The normalized spacial score (nSPS) is 10.8. The third-order valence-electron chi connectivity index (χ3n) is 4.32. The van der Waals surface area contributed by atoms with Gasteiger partial charge < -0.3 is 10.1 Å². The van der Waals surface area contributed by atoms with Crippen molar-refractivity contribution in [1.82, 2.24) is 9.97 Å². The van der Waals surface area contributed by atoms with Crippen molar-refractivity contribution in [2.75, 3.05) is 19.0 Å². The fraction of sp³-hybridized carbons (Fsp3) is 0.143. The van der Waals surface area contributed by atoms with E-state index in [4.69, 9.17) is 4.74 Å². The predicted octanol–water partition coefficient (Wildman–Crippen LogP) is 5.02. The molecule has 5 heteroatoms. The predicted molar refractivity (Wildman–Crippen MR) is 108 cm³/mol. The molecule has 0 aliphatic rings. The molecule has 0 aliphatic heterocycles. The van der Waals surface area contributed by atoms with Crippen molar-refractivity contribution in [2.24, 2.45) is 0 Å². The van der Waals surface area contributed by atoms with Crippen molar-refractivity contribution in [3.8, 4) is 16.9 Å². The number of benzene rings is 2. The van der Waals surface area contributed by atoms with Crippen LogP contribution in [0.1, 0.15) is 5.56 Å². The molecule has 0 unspecified atom stereocenters. The van der Waals surface area contributed by atoms with Gasteiger partial charge in [0.1, 0.15) is 22.7 Å². The molecule has 0 atom stereocenters. The van der Waals surface area contributed by atoms with Gasteiger partial charge in [0, 0.05) is 17.5 Å². The topological polar surface area (TPSA) is 47.0 Å². The van der Waals surface area contributed by atoms with Crippen molar-refractivity contribution in [2.45, 2.75) is 6.42 Å². The molecule has 0 saturated heterocycles. The van der Waals surface area contributed by atoms with E-state index in [0.29, 0.717) is 0 Å². The molecule has 0 aliphatic carbocycles. The zero-order valence-electron chi connectivity index (χ0n) is 14.5. The zero-order chi connectivity index (χ0) is 17.8. The number of hydrogen-bond donors (Lipinski definition) is 1. The average molecular weight is 361 g/mol. The second kappa shape index (κ2) is 7.54. The molecule has 1 N–H and O–H groups in total. The Morgan fingerprint density at radius 1 is 1.00 bits per heavy atom. The molecule has 0 saturated carbocycles. The second-order valence-corrected chi connectivity index (χ2v) is 6.80. The van der Waals surface area contributed by atoms with Gasteiger partial charge in [0.15, 0.2) is 0 Å². The van der Waals surface area contributed by atoms with Crippen LogP contribution in [0.25, 0.3) is 21.3 Å². The summed E-state index contributed by atoms with van der Waals surface area (Å²) in [7, 11) is 1.68. The lowest BCUT2D eigenvalue weighted by atomic mass is 10.1. The summed E-state index contributed by atoms with van der Waals surface area (Å²) in [5.74, 6) is 1.77. The van der Waals surface area contributed by atoms with Crippen LogP contribution in [-0.4, -0.2) is 23.6 Å². The van der Waals surface area contributed by atoms with Crippen LogP contribution < -0.4 is 10.1 Å². The lowest BCUT2D eigenvalue weighted by Crippen LogP contribution is -2.07. The summed E-state index contributed by atoms with van der Waals surface area (Å²) in [6.07, 6.45) is 2.55. The standard InChI is InChI=1S/C21H19N3OS/c1-25-17-9-7-15(8-10-17)11-12-22-20-19-18(16-5-3-2-4-6-16)13-26-21(19)24-14-23-20/h2-10,13-14H,11-12H2,1H3,(H,22,23,24). The van der Waals surface area contributed by atoms with Gasteiger partial charge in [-0.05, 0) is 29.7 Å². The zero-order valence-corrected chi connectivity index (χ0v) is 15.3. The number of anilines is 1. The van der Waals surface area contributed by atoms with E-state index in [0.717, 1.165) is 34.7 Å². The first-order valence-corrected chi connectivity index (χ1v) is 9.37. The van der Waals surface area contributed by atoms with Crippen molar-refractivity contribution in [3.05, 3.63) is 71.9 Å². The fourth-order valence-electron chi connectivity index (χ4n) is 2.96. The third kappa shape index (κ3) is 3.39. The van der Waals surface area contributed by atoms with E-state index >= 15 is 0 Å². The Labute approximate surface area is 156 Å². The Morgan fingerprint density at radius 3 is 2.58 bits per heavy atom. The van der Waals surface area contributed by atoms with Crippen LogP contribution in [0.15, 0.2) is 66.3 Å². The second-order valence-electron chi connectivity index (χ2n) is 5.94. The van der Waals surface area contributed by atoms with Crippen LogP contribution in [0.4, 0.5) is 5.82 Å². The molecule has 2 heterocycles. The summed E-state index contributed by atoms with van der Waals surface area (Å²) in [6.45, 7) is 0.808. The number of nitrogens with one attached hydrogen (secondary N) is 1. The van der Waals surface area contributed by atoms with Crippen LogP contribution >= 0.6 is 11.3 Å². The lowest BCUT2D eigenvalue weighted by Gasteiger charge is -2.09. The minimum absolute atomic E-state index is 0.808. The molecule has 0 radical (unpaired) electrons. The molecule has 26 heavy (non-hydrogen) atoms. The van der Waals surface area contributed by atoms with E-state index in [2.05, 4.69) is 57.1 Å². The highest BCUT2D eigenvalue weighted by atomic mass is 32.1. The van der Waals surface area contributed by atoms with E-state index in [1.54, 1.807) is 24.8 Å². The summed E-state index contributed by atoms with van der Waals surface area (Å²) in [5, 5.41) is 6.74. The van der Waals surface area contributed by atoms with Gasteiger partial charge in [0.05, 0.1) is 12.5 Å². The summed E-state index contributed by atoms with van der Waals surface area (Å²) in [6, 6.07) is 18.5. The Hall–Kier alpha value is -2.92. The van der Waals surface area contributed by atoms with Gasteiger partial charge in [-0.25, -0.2) is 9.97 Å². The monoisotopic (exact) mass is 361 g/mol. The molecule has 0 amide bonds. The summed E-state index contributed by atoms with van der Waals surface area (Å²) < 4.78 is 5.21. The maximum atomic E-state index is 5.21. The molecule has 4 nitrogen and oxygen atoms in total. The Bertz CT molecular complexity index is 997. The summed E-state index contributed by atoms with van der Waals surface area (Å²) in [5.41, 5.74) is 3.63. The number of hydrogen-bond acceptors (Lipinski definition) is 5. The van der Waals surface area contributed by atoms with E-state index in [1.165, 1.54) is 16.7 Å². The van der Waals surface area contributed by atoms with Gasteiger partial charge in [0.2, 0.25) is 0 Å². The molecule has 4 rings (SSSR count). The first-order chi connectivity index (χ1) is 12.8. The van der Waals surface area contributed by atoms with Crippen LogP contribution in [0.5, 0.6) is 5.75 Å². The van der Waals surface area contributed by atoms with Gasteiger partial charge >= 0.3 is 0 Å². The van der Waals surface area contributed by atoms with E-state index in [-0.39, 0.29) is 0 Å². The van der Waals surface area contributed by atoms with Crippen LogP contribution in [-0.2, 0) is 6.42 Å². The van der Waals surface area contributed by atoms with Crippen molar-refractivity contribution in [1.29, 1.82) is 0 Å². The summed E-state index contributed by atoms with van der Waals surface area (Å²) in [4.78, 5) is 9.92. The number of nitrogens with zero attached hydrogens (tertiary/aromatic N) is 2. The third-order valence-corrected chi connectivity index (χ3v) is 5.21. The number of fused-ring (bicyclic) bond motifs is 1. The lowest BCUT2D eigenvalue weighted by molar-refractivity contribution is 0.414. The van der Waals surface area contributed by atoms with Crippen LogP contribution in [0, 0.1) is 0 Å². The minimum atomic E-state index is 0.808. The first kappa shape index (κ1) is 16.5. The Morgan fingerprint density at radius 2 is 1.81 bits per heavy atom. The molecular formula is C21H19N3OS. The van der Waals surface area contributed by atoms with Crippen LogP contribution in [0.2, 0.25) is 0 Å². The Kier molecular flexibility index (Phi) is 4.80. The highest BCUT2D eigenvalue weighted by molar-refractivity contribution is 7.17. The first-order valence-electron chi connectivity index (χ1n) is 8.49. The maximum absolute atomic E-state index is 5.21. The Balaban J connectivity index is 1.55. The quantitative estimate of drug-likeness (QED) is 0.524. The maximum Gasteiger partial charge on any atom is 0.138 e. The van der Waals surface area contributed by atoms with Gasteiger partial charge in [-0.2, -0.15) is 0 Å². The molecule has 4 aromatic rings. The SMILES string of the molecule is COc1ccc(CCNc2ncnc3scc(-c4ccccc4)c23)cc1. The largest absolute Gasteiger partial charge is 0.497 e. The van der Waals surface area contributed by atoms with E-state index in [1.807, 2.05) is 18.2 Å². The molecule has 2 aromatic heterocycles. The number of thiophene rings is 1. The van der Waals surface area contributed by atoms with Crippen molar-refractivity contribution >= 4 is 27.4 Å². The molecule has 2 aromatic carbocycles. The number of rotatable bonds is 6. The molecule has 0 fully saturated rings. The van der Waals surface area contributed by atoms with Gasteiger partial charge in [-0.3, -0.25) is 0 Å². The molecular weight excluding hydrogens is 342 g/mol. The van der Waals surface area contributed by atoms with Gasteiger partial charge in [-0.15, -0.1) is 11.3 Å². The number of aromatic nitrogens is 2. The number of methoxy groups -OCH3 is 1. The molecule has 0 bridgehead atoms. The highest BCUT2D eigenvalue weighted by Crippen LogP contribution is 2.36. The van der Waals surface area contributed by atoms with E-state index < -0.39 is 0 Å². The van der Waals surface area contributed by atoms with Crippen LogP contribution in [0.3, 0.4) is 0 Å². The van der Waals surface area contributed by atoms with Gasteiger partial charge in [0.25, 0.3) is 0 Å². The molecule has 0 spiro atoms. The van der Waals surface area contributed by atoms with Crippen molar-refractivity contribution < 1.29 is 4.74 Å². The number of ether oxygens (including phenoxy) is 1. The minimum Gasteiger partial charge on any atom is -0.497 e. The highest BCUT2D eigenvalue weighted by Gasteiger charge is 2.12. The average Bonchev–Trinajstić information content (AvgIpc) is 3.14. The summed E-state index contributed by atoms with van der Waals surface area (Å²) >= 11 is 1.65. The van der Waals surface area contributed by atoms with E-state index in [9.17, 15) is 0 Å². The smallest absolute Gasteiger partial charge is 0.138 e.